The molecule has 0 saturated carbocycles. The van der Waals surface area contributed by atoms with E-state index in [2.05, 4.69) is 10.6 Å². The number of carbonyl (C=O) groups is 2. The number of hydrogen-bond acceptors (Lipinski definition) is 4. The summed E-state index contributed by atoms with van der Waals surface area (Å²) in [6, 6.07) is 12.9. The summed E-state index contributed by atoms with van der Waals surface area (Å²) in [5.74, 6) is 0.526. The van der Waals surface area contributed by atoms with Crippen LogP contribution in [0.25, 0.3) is 0 Å². The maximum Gasteiger partial charge on any atom is 0.253 e. The van der Waals surface area contributed by atoms with E-state index < -0.39 is 0 Å². The second-order valence-electron chi connectivity index (χ2n) is 6.68. The van der Waals surface area contributed by atoms with Crippen molar-refractivity contribution in [3.63, 3.8) is 0 Å². The molecule has 3 rings (SSSR count). The van der Waals surface area contributed by atoms with E-state index in [0.717, 1.165) is 37.2 Å². The second kappa shape index (κ2) is 8.58. The molecular formula is C21H25N3O3. The number of nitrogens with zero attached hydrogens (tertiary/aromatic N) is 1. The van der Waals surface area contributed by atoms with E-state index in [4.69, 9.17) is 4.74 Å². The van der Waals surface area contributed by atoms with Crippen molar-refractivity contribution in [2.24, 2.45) is 0 Å². The largest absolute Gasteiger partial charge is 0.495 e. The van der Waals surface area contributed by atoms with E-state index in [9.17, 15) is 9.59 Å². The molecule has 0 bridgehead atoms. The monoisotopic (exact) mass is 367 g/mol. The van der Waals surface area contributed by atoms with Gasteiger partial charge < -0.3 is 20.3 Å². The molecule has 2 amide bonds. The number of rotatable bonds is 6. The molecule has 1 aliphatic rings. The summed E-state index contributed by atoms with van der Waals surface area (Å²) in [4.78, 5) is 26.4. The molecule has 2 aromatic carbocycles. The molecule has 2 N–H and O–H groups in total. The number of benzene rings is 2. The van der Waals surface area contributed by atoms with Gasteiger partial charge in [-0.1, -0.05) is 6.07 Å². The molecule has 1 heterocycles. The summed E-state index contributed by atoms with van der Waals surface area (Å²) < 4.78 is 5.27. The van der Waals surface area contributed by atoms with Gasteiger partial charge in [0.2, 0.25) is 5.91 Å². The maximum absolute atomic E-state index is 12.3. The molecule has 0 aromatic heterocycles. The second-order valence-corrected chi connectivity index (χ2v) is 6.68. The van der Waals surface area contributed by atoms with Gasteiger partial charge in [-0.3, -0.25) is 9.59 Å². The zero-order chi connectivity index (χ0) is 19.2. The smallest absolute Gasteiger partial charge is 0.253 e. The highest BCUT2D eigenvalue weighted by Crippen LogP contribution is 2.25. The van der Waals surface area contributed by atoms with E-state index >= 15 is 0 Å². The minimum atomic E-state index is -0.170. The highest BCUT2D eigenvalue weighted by atomic mass is 16.5. The molecule has 1 saturated heterocycles. The van der Waals surface area contributed by atoms with Crippen molar-refractivity contribution in [2.75, 3.05) is 37.4 Å². The van der Waals surface area contributed by atoms with E-state index in [1.807, 2.05) is 42.2 Å². The fourth-order valence-corrected chi connectivity index (χ4v) is 3.13. The van der Waals surface area contributed by atoms with Crippen LogP contribution >= 0.6 is 0 Å². The van der Waals surface area contributed by atoms with Gasteiger partial charge in [-0.25, -0.2) is 0 Å². The first kappa shape index (κ1) is 18.8. The molecular weight excluding hydrogens is 342 g/mol. The third-order valence-corrected chi connectivity index (χ3v) is 4.61. The van der Waals surface area contributed by atoms with Crippen LogP contribution in [-0.4, -0.2) is 43.5 Å². The predicted octanol–water partition coefficient (Wildman–Crippen LogP) is 3.29. The fourth-order valence-electron chi connectivity index (χ4n) is 3.13. The predicted molar refractivity (Wildman–Crippen MR) is 106 cm³/mol. The van der Waals surface area contributed by atoms with Crippen LogP contribution in [0.1, 0.15) is 28.8 Å². The Balaban J connectivity index is 1.54. The number of aryl methyl sites for hydroxylation is 1. The molecule has 0 atom stereocenters. The fraction of sp³-hybridized carbons (Fsp3) is 0.333. The lowest BCUT2D eigenvalue weighted by atomic mass is 10.2. The van der Waals surface area contributed by atoms with E-state index in [0.29, 0.717) is 17.0 Å². The van der Waals surface area contributed by atoms with Crippen molar-refractivity contribution in [1.29, 1.82) is 0 Å². The molecule has 0 spiro atoms. The first-order chi connectivity index (χ1) is 13.1. The average molecular weight is 367 g/mol. The quantitative estimate of drug-likeness (QED) is 0.822. The van der Waals surface area contributed by atoms with Crippen LogP contribution in [0.5, 0.6) is 5.75 Å². The minimum Gasteiger partial charge on any atom is -0.495 e. The highest BCUT2D eigenvalue weighted by molar-refractivity contribution is 5.96. The lowest BCUT2D eigenvalue weighted by Crippen LogP contribution is -2.27. The third kappa shape index (κ3) is 4.78. The molecule has 0 unspecified atom stereocenters. The molecule has 0 radical (unpaired) electrons. The summed E-state index contributed by atoms with van der Waals surface area (Å²) in [5.41, 5.74) is 3.16. The number of amides is 2. The Morgan fingerprint density at radius 1 is 1.07 bits per heavy atom. The number of hydrogen-bond donors (Lipinski definition) is 2. The summed E-state index contributed by atoms with van der Waals surface area (Å²) in [5, 5.41) is 5.93. The van der Waals surface area contributed by atoms with E-state index in [1.165, 1.54) is 0 Å². The number of ether oxygens (including phenoxy) is 1. The lowest BCUT2D eigenvalue weighted by molar-refractivity contribution is -0.114. The normalized spacial score (nSPS) is 13.3. The Morgan fingerprint density at radius 3 is 2.44 bits per heavy atom. The van der Waals surface area contributed by atoms with Crippen LogP contribution in [0, 0.1) is 6.92 Å². The van der Waals surface area contributed by atoms with E-state index in [-0.39, 0.29) is 18.4 Å². The Bertz CT molecular complexity index is 812. The highest BCUT2D eigenvalue weighted by Gasteiger charge is 2.19. The van der Waals surface area contributed by atoms with Crippen molar-refractivity contribution in [2.45, 2.75) is 19.8 Å². The Morgan fingerprint density at radius 2 is 1.78 bits per heavy atom. The van der Waals surface area contributed by atoms with Gasteiger partial charge in [0.1, 0.15) is 5.75 Å². The van der Waals surface area contributed by atoms with Crippen LogP contribution in [0.2, 0.25) is 0 Å². The molecule has 2 aromatic rings. The molecule has 0 aliphatic carbocycles. The van der Waals surface area contributed by atoms with E-state index in [1.54, 1.807) is 19.2 Å². The zero-order valence-electron chi connectivity index (χ0n) is 15.7. The molecule has 142 valence electrons. The van der Waals surface area contributed by atoms with Gasteiger partial charge in [0.05, 0.1) is 19.3 Å². The molecule has 27 heavy (non-hydrogen) atoms. The first-order valence-corrected chi connectivity index (χ1v) is 9.14. The molecule has 6 heteroatoms. The zero-order valence-corrected chi connectivity index (χ0v) is 15.7. The molecule has 1 fully saturated rings. The van der Waals surface area contributed by atoms with Gasteiger partial charge in [-0.05, 0) is 61.7 Å². The summed E-state index contributed by atoms with van der Waals surface area (Å²) in [7, 11) is 1.57. The van der Waals surface area contributed by atoms with Crippen LogP contribution in [0.3, 0.4) is 0 Å². The van der Waals surface area contributed by atoms with Gasteiger partial charge in [-0.2, -0.15) is 0 Å². The Hall–Kier alpha value is -3.02. The Labute approximate surface area is 159 Å². The number of anilines is 2. The SMILES string of the molecule is COc1ccc(C)cc1NC(=O)CNc1ccc(C(=O)N2CCCC2)cc1. The van der Waals surface area contributed by atoms with Gasteiger partial charge in [0.25, 0.3) is 5.91 Å². The summed E-state index contributed by atoms with van der Waals surface area (Å²) >= 11 is 0. The first-order valence-electron chi connectivity index (χ1n) is 9.14. The summed E-state index contributed by atoms with van der Waals surface area (Å²) in [6.07, 6.45) is 2.15. The third-order valence-electron chi connectivity index (χ3n) is 4.61. The van der Waals surface area contributed by atoms with Crippen LogP contribution in [0.4, 0.5) is 11.4 Å². The number of carbonyl (C=O) groups excluding carboxylic acids is 2. The van der Waals surface area contributed by atoms with Crippen LogP contribution in [0.15, 0.2) is 42.5 Å². The maximum atomic E-state index is 12.3. The molecule has 6 nitrogen and oxygen atoms in total. The molecule has 1 aliphatic heterocycles. The van der Waals surface area contributed by atoms with Crippen molar-refractivity contribution < 1.29 is 14.3 Å². The van der Waals surface area contributed by atoms with Gasteiger partial charge in [0, 0.05) is 24.3 Å². The van der Waals surface area contributed by atoms with Crippen LogP contribution < -0.4 is 15.4 Å². The van der Waals surface area contributed by atoms with Crippen molar-refractivity contribution >= 4 is 23.2 Å². The van der Waals surface area contributed by atoms with Gasteiger partial charge >= 0.3 is 0 Å². The standard InChI is InChI=1S/C21H25N3O3/c1-15-5-10-19(27-2)18(13-15)23-20(25)14-22-17-8-6-16(7-9-17)21(26)24-11-3-4-12-24/h5-10,13,22H,3-4,11-12,14H2,1-2H3,(H,23,25). The van der Waals surface area contributed by atoms with Gasteiger partial charge in [0.15, 0.2) is 0 Å². The number of methoxy groups -OCH3 is 1. The van der Waals surface area contributed by atoms with Crippen molar-refractivity contribution in [3.05, 3.63) is 53.6 Å². The van der Waals surface area contributed by atoms with Crippen molar-refractivity contribution in [1.82, 2.24) is 4.90 Å². The number of likely N-dealkylation sites (tertiary alicyclic amines) is 1. The van der Waals surface area contributed by atoms with Crippen molar-refractivity contribution in [3.8, 4) is 5.75 Å². The summed E-state index contributed by atoms with van der Waals surface area (Å²) in [6.45, 7) is 3.75. The van der Waals surface area contributed by atoms with Gasteiger partial charge in [-0.15, -0.1) is 0 Å². The van der Waals surface area contributed by atoms with Crippen LogP contribution in [-0.2, 0) is 4.79 Å². The minimum absolute atomic E-state index is 0.0725. The Kier molecular flexibility index (Phi) is 5.96. The lowest BCUT2D eigenvalue weighted by Gasteiger charge is -2.15. The average Bonchev–Trinajstić information content (AvgIpc) is 3.21. The topological polar surface area (TPSA) is 70.7 Å². The number of nitrogens with one attached hydrogen (secondary N) is 2.